The van der Waals surface area contributed by atoms with Crippen molar-refractivity contribution in [3.63, 3.8) is 0 Å². The molecule has 0 aromatic rings. The van der Waals surface area contributed by atoms with Crippen LogP contribution in [0.3, 0.4) is 0 Å². The Morgan fingerprint density at radius 3 is 0.750 bits per heavy atom. The van der Waals surface area contributed by atoms with E-state index in [1.54, 1.807) is 154 Å². The summed E-state index contributed by atoms with van der Waals surface area (Å²) in [6, 6.07) is 0. The van der Waals surface area contributed by atoms with Crippen LogP contribution >= 0.6 is 35.2 Å². The molecule has 6 aliphatic carbocycles. The van der Waals surface area contributed by atoms with Crippen molar-refractivity contribution in [2.45, 2.75) is 202 Å². The molecule has 5 heteroatoms. The topological polar surface area (TPSA) is 0 Å². The van der Waals surface area contributed by atoms with Gasteiger partial charge in [0.1, 0.15) is 0 Å². The zero-order valence-corrected chi connectivity index (χ0v) is 31.3. The molecule has 0 aromatic heterocycles. The van der Waals surface area contributed by atoms with E-state index >= 15 is 0 Å². The second-order valence-electron chi connectivity index (χ2n) is 14.2. The van der Waals surface area contributed by atoms with E-state index in [1.165, 1.54) is 34.0 Å². The van der Waals surface area contributed by atoms with E-state index in [0.29, 0.717) is 15.8 Å². The monoisotopic (exact) mass is 717 g/mol. The molecule has 0 radical (unpaired) electrons. The molecule has 6 fully saturated rings. The molecule has 235 valence electrons. The Morgan fingerprint density at radius 1 is 0.475 bits per heavy atom. The normalized spacial score (nSPS) is 26.4. The standard InChI is InChI=1S/2C15H27P.C4H7.CH2.2ClH.Ru/c2*1-2-8-13(7-1)16(14-9-3-4-10-14)15-11-5-6-12-15;1-4(2)3;;;;/h2*13-15H,1-12H2;1H,2-3H3;1H2;2*1H;/q;;;;;;+2/p-2. The van der Waals surface area contributed by atoms with Crippen LogP contribution in [0.2, 0.25) is 0 Å². The summed E-state index contributed by atoms with van der Waals surface area (Å²) in [5.41, 5.74) is 8.41. The van der Waals surface area contributed by atoms with E-state index in [2.05, 4.69) is 5.11 Å². The van der Waals surface area contributed by atoms with Gasteiger partial charge in [-0.25, -0.2) is 0 Å². The summed E-state index contributed by atoms with van der Waals surface area (Å²) in [5, 5.41) is 3.64. The van der Waals surface area contributed by atoms with Gasteiger partial charge in [0.15, 0.2) is 0 Å². The summed E-state index contributed by atoms with van der Waals surface area (Å²) in [6.07, 6.45) is 38.0. The molecule has 6 aliphatic rings. The molecule has 0 atom stereocenters. The van der Waals surface area contributed by atoms with Gasteiger partial charge in [0, 0.05) is 0 Å². The Morgan fingerprint density at radius 2 is 0.650 bits per heavy atom. The Hall–Kier alpha value is 1.67. The Balaban J connectivity index is 0.000000148. The molecule has 6 rings (SSSR count). The summed E-state index contributed by atoms with van der Waals surface area (Å²) in [7, 11) is 12.2. The number of halogens is 2. The number of rotatable bonds is 7. The second kappa shape index (κ2) is 18.0. The van der Waals surface area contributed by atoms with Crippen LogP contribution in [0, 0.1) is 0 Å². The molecule has 0 unspecified atom stereocenters. The molecule has 0 N–H and O–H groups in total. The van der Waals surface area contributed by atoms with Gasteiger partial charge in [0.05, 0.1) is 0 Å². The Bertz CT molecular complexity index is 645. The first-order chi connectivity index (χ1) is 19.3. The third-order valence-corrected chi connectivity index (χ3v) is 21.6. The first kappa shape index (κ1) is 34.5. The Labute approximate surface area is 263 Å². The molecular formula is C35H63Cl2P2Ru. The summed E-state index contributed by atoms with van der Waals surface area (Å²) < 4.78 is 1.86. The van der Waals surface area contributed by atoms with E-state index in [0.717, 1.165) is 5.57 Å². The van der Waals surface area contributed by atoms with Crippen molar-refractivity contribution >= 4 is 40.3 Å². The van der Waals surface area contributed by atoms with E-state index in [9.17, 15) is 0 Å². The van der Waals surface area contributed by atoms with E-state index in [-0.39, 0.29) is 0 Å². The SMILES string of the molecule is C1CCC(P(C2CCCC2)C2CCCC2)C1.C1CCC(P(C2CCCC2)C2CCCC2)C1.[CH2]=[Ru]([Cl])([Cl])[CH]=C(C)C. The van der Waals surface area contributed by atoms with Crippen molar-refractivity contribution in [3.8, 4) is 0 Å². The van der Waals surface area contributed by atoms with Crippen LogP contribution in [-0.2, 0) is 12.3 Å². The minimum atomic E-state index is -2.47. The van der Waals surface area contributed by atoms with Crippen molar-refractivity contribution in [2.24, 2.45) is 0 Å². The van der Waals surface area contributed by atoms with Crippen molar-refractivity contribution in [1.29, 1.82) is 0 Å². The molecule has 0 bridgehead atoms. The molecule has 0 nitrogen and oxygen atoms in total. The van der Waals surface area contributed by atoms with Gasteiger partial charge in [-0.3, -0.25) is 0 Å². The van der Waals surface area contributed by atoms with Crippen molar-refractivity contribution in [2.75, 3.05) is 0 Å². The summed E-state index contributed by atoms with van der Waals surface area (Å²) in [6.45, 7) is 3.93. The van der Waals surface area contributed by atoms with E-state index in [1.807, 2.05) is 18.5 Å². The molecule has 0 aliphatic heterocycles. The fourth-order valence-electron chi connectivity index (χ4n) is 9.30. The molecule has 0 aromatic carbocycles. The van der Waals surface area contributed by atoms with Crippen LogP contribution in [-0.4, -0.2) is 39.1 Å². The average molecular weight is 718 g/mol. The number of hydrogen-bond acceptors (Lipinski definition) is 0. The molecule has 6 saturated carbocycles. The van der Waals surface area contributed by atoms with Gasteiger partial charge in [-0.05, 0) is 111 Å². The van der Waals surface area contributed by atoms with Gasteiger partial charge in [-0.2, -0.15) is 0 Å². The van der Waals surface area contributed by atoms with E-state index in [4.69, 9.17) is 19.4 Å². The predicted octanol–water partition coefficient (Wildman–Crippen LogP) is 13.4. The van der Waals surface area contributed by atoms with Gasteiger partial charge in [-0.1, -0.05) is 92.9 Å². The van der Waals surface area contributed by atoms with Crippen molar-refractivity contribution < 1.29 is 12.3 Å². The van der Waals surface area contributed by atoms with Crippen LogP contribution < -0.4 is 0 Å². The molecule has 0 spiro atoms. The van der Waals surface area contributed by atoms with E-state index < -0.39 is 12.3 Å². The second-order valence-corrected chi connectivity index (χ2v) is 30.0. The van der Waals surface area contributed by atoms with Gasteiger partial charge < -0.3 is 0 Å². The zero-order valence-electron chi connectivity index (χ0n) is 26.2. The molecule has 0 heterocycles. The summed E-state index contributed by atoms with van der Waals surface area (Å²) in [4.78, 5) is 0. The zero-order chi connectivity index (χ0) is 28.4. The van der Waals surface area contributed by atoms with Crippen molar-refractivity contribution in [3.05, 3.63) is 10.2 Å². The fourth-order valence-corrected chi connectivity index (χ4v) is 21.9. The third kappa shape index (κ3) is 11.2. The number of hydrogen-bond donors (Lipinski definition) is 0. The quantitative estimate of drug-likeness (QED) is 0.182. The predicted molar refractivity (Wildman–Crippen MR) is 186 cm³/mol. The average Bonchev–Trinajstić information content (AvgIpc) is 3.72. The van der Waals surface area contributed by atoms with Crippen LogP contribution in [0.1, 0.15) is 168 Å². The van der Waals surface area contributed by atoms with Gasteiger partial charge in [-0.15, -0.1) is 0 Å². The van der Waals surface area contributed by atoms with Crippen LogP contribution in [0.4, 0.5) is 0 Å². The maximum atomic E-state index is 5.68. The van der Waals surface area contributed by atoms with Crippen LogP contribution in [0.25, 0.3) is 0 Å². The van der Waals surface area contributed by atoms with Crippen LogP contribution in [0.5, 0.6) is 0 Å². The molecule has 40 heavy (non-hydrogen) atoms. The van der Waals surface area contributed by atoms with Crippen molar-refractivity contribution in [1.82, 2.24) is 0 Å². The first-order valence-corrected chi connectivity index (χ1v) is 27.3. The van der Waals surface area contributed by atoms with Gasteiger partial charge in [0.2, 0.25) is 0 Å². The summed E-state index contributed by atoms with van der Waals surface area (Å²) in [5.74, 6) is 0. The molecule has 0 amide bonds. The number of allylic oxidation sites excluding steroid dienone is 1. The minimum absolute atomic E-state index is 0.436. The maximum absolute atomic E-state index is 5.68. The molecular weight excluding hydrogens is 654 g/mol. The third-order valence-electron chi connectivity index (χ3n) is 10.8. The molecule has 0 saturated heterocycles. The fraction of sp³-hybridized carbons (Fsp3) is 0.914. The van der Waals surface area contributed by atoms with Gasteiger partial charge >= 0.3 is 60.9 Å². The van der Waals surface area contributed by atoms with Crippen LogP contribution in [0.15, 0.2) is 10.2 Å². The van der Waals surface area contributed by atoms with Gasteiger partial charge in [0.25, 0.3) is 0 Å². The summed E-state index contributed by atoms with van der Waals surface area (Å²) >= 11 is -2.47. The first-order valence-electron chi connectivity index (χ1n) is 17.5. The Kier molecular flexibility index (Phi) is 15.5.